The minimum absolute atomic E-state index is 0.414. The third-order valence-electron chi connectivity index (χ3n) is 2.87. The molecule has 0 aromatic heterocycles. The zero-order chi connectivity index (χ0) is 15.3. The van der Waals surface area contributed by atoms with E-state index in [-0.39, 0.29) is 0 Å². The number of carboxylic acid groups (broad SMARTS) is 1. The monoisotopic (exact) mass is 301 g/mol. The van der Waals surface area contributed by atoms with Crippen molar-refractivity contribution in [2.24, 2.45) is 0 Å². The SMILES string of the molecule is COc1cccc(CC(C)N(CC(=O)O)S(C)(=O)=O)c1. The summed E-state index contributed by atoms with van der Waals surface area (Å²) in [5.74, 6) is -0.494. The van der Waals surface area contributed by atoms with Gasteiger partial charge in [0.2, 0.25) is 10.0 Å². The lowest BCUT2D eigenvalue weighted by Crippen LogP contribution is -2.42. The third-order valence-corrected chi connectivity index (χ3v) is 4.21. The van der Waals surface area contributed by atoms with Crippen molar-refractivity contribution in [3.63, 3.8) is 0 Å². The van der Waals surface area contributed by atoms with E-state index in [9.17, 15) is 13.2 Å². The number of aliphatic carboxylic acids is 1. The van der Waals surface area contributed by atoms with Gasteiger partial charge in [-0.25, -0.2) is 8.42 Å². The Morgan fingerprint density at radius 1 is 1.45 bits per heavy atom. The predicted molar refractivity (Wildman–Crippen MR) is 75.3 cm³/mol. The normalized spacial score (nSPS) is 13.2. The number of ether oxygens (including phenoxy) is 1. The number of sulfonamides is 1. The average Bonchev–Trinajstić information content (AvgIpc) is 2.34. The topological polar surface area (TPSA) is 83.9 Å². The van der Waals surface area contributed by atoms with Gasteiger partial charge in [-0.2, -0.15) is 4.31 Å². The maximum absolute atomic E-state index is 11.7. The molecule has 7 heteroatoms. The van der Waals surface area contributed by atoms with Crippen LogP contribution in [0.15, 0.2) is 24.3 Å². The van der Waals surface area contributed by atoms with E-state index in [0.29, 0.717) is 12.2 Å². The van der Waals surface area contributed by atoms with Crippen LogP contribution in [0.5, 0.6) is 5.75 Å². The molecular formula is C13H19NO5S. The first kappa shape index (κ1) is 16.5. The number of rotatable bonds is 7. The van der Waals surface area contributed by atoms with E-state index in [2.05, 4.69) is 0 Å². The molecule has 0 aliphatic carbocycles. The first-order valence-corrected chi connectivity index (χ1v) is 7.90. The van der Waals surface area contributed by atoms with Gasteiger partial charge in [-0.05, 0) is 31.0 Å². The van der Waals surface area contributed by atoms with Gasteiger partial charge in [-0.3, -0.25) is 4.79 Å². The lowest BCUT2D eigenvalue weighted by molar-refractivity contribution is -0.137. The zero-order valence-electron chi connectivity index (χ0n) is 11.7. The highest BCUT2D eigenvalue weighted by Crippen LogP contribution is 2.17. The Balaban J connectivity index is 2.90. The summed E-state index contributed by atoms with van der Waals surface area (Å²) in [6.07, 6.45) is 1.43. The maximum atomic E-state index is 11.7. The van der Waals surface area contributed by atoms with Crippen LogP contribution >= 0.6 is 0 Å². The van der Waals surface area contributed by atoms with Crippen LogP contribution in [0.2, 0.25) is 0 Å². The molecule has 0 heterocycles. The molecule has 0 amide bonds. The molecule has 0 fully saturated rings. The summed E-state index contributed by atoms with van der Waals surface area (Å²) in [6.45, 7) is 1.15. The van der Waals surface area contributed by atoms with Crippen molar-refractivity contribution in [1.29, 1.82) is 0 Å². The van der Waals surface area contributed by atoms with Gasteiger partial charge >= 0.3 is 5.97 Å². The molecule has 1 aromatic rings. The van der Waals surface area contributed by atoms with Crippen molar-refractivity contribution in [2.75, 3.05) is 19.9 Å². The Morgan fingerprint density at radius 2 is 2.10 bits per heavy atom. The van der Waals surface area contributed by atoms with Crippen molar-refractivity contribution in [3.05, 3.63) is 29.8 Å². The second-order valence-electron chi connectivity index (χ2n) is 4.61. The van der Waals surface area contributed by atoms with Crippen LogP contribution in [0.3, 0.4) is 0 Å². The molecule has 6 nitrogen and oxygen atoms in total. The highest BCUT2D eigenvalue weighted by atomic mass is 32.2. The van der Waals surface area contributed by atoms with E-state index >= 15 is 0 Å². The van der Waals surface area contributed by atoms with Crippen LogP contribution in [-0.2, 0) is 21.2 Å². The van der Waals surface area contributed by atoms with Gasteiger partial charge in [-0.1, -0.05) is 12.1 Å². The number of carbonyl (C=O) groups is 1. The molecule has 1 aromatic carbocycles. The summed E-state index contributed by atoms with van der Waals surface area (Å²) >= 11 is 0. The fraction of sp³-hybridized carbons (Fsp3) is 0.462. The van der Waals surface area contributed by atoms with Gasteiger partial charge < -0.3 is 9.84 Å². The van der Waals surface area contributed by atoms with Crippen molar-refractivity contribution < 1.29 is 23.1 Å². The van der Waals surface area contributed by atoms with Gasteiger partial charge in [0, 0.05) is 6.04 Å². The summed E-state index contributed by atoms with van der Waals surface area (Å²) in [7, 11) is -2.02. The first-order chi connectivity index (χ1) is 9.24. The van der Waals surface area contributed by atoms with Crippen LogP contribution in [0.25, 0.3) is 0 Å². The molecule has 0 bridgehead atoms. The van der Waals surface area contributed by atoms with Gasteiger partial charge in [0.1, 0.15) is 12.3 Å². The van der Waals surface area contributed by atoms with Crippen molar-refractivity contribution in [2.45, 2.75) is 19.4 Å². The molecule has 0 radical (unpaired) electrons. The number of nitrogens with zero attached hydrogens (tertiary/aromatic N) is 1. The van der Waals surface area contributed by atoms with Gasteiger partial charge in [-0.15, -0.1) is 0 Å². The summed E-state index contributed by atoms with van der Waals surface area (Å²) in [6, 6.07) is 6.80. The minimum Gasteiger partial charge on any atom is -0.497 e. The lowest BCUT2D eigenvalue weighted by Gasteiger charge is -2.25. The smallest absolute Gasteiger partial charge is 0.318 e. The summed E-state index contributed by atoms with van der Waals surface area (Å²) < 4.78 is 29.4. The Morgan fingerprint density at radius 3 is 2.60 bits per heavy atom. The summed E-state index contributed by atoms with van der Waals surface area (Å²) in [5.41, 5.74) is 0.885. The maximum Gasteiger partial charge on any atom is 0.318 e. The Bertz CT molecular complexity index is 570. The Kier molecular flexibility index (Phi) is 5.52. The standard InChI is InChI=1S/C13H19NO5S/c1-10(14(9-13(15)16)20(3,17)18)7-11-5-4-6-12(8-11)19-2/h4-6,8,10H,7,9H2,1-3H3,(H,15,16). The highest BCUT2D eigenvalue weighted by molar-refractivity contribution is 7.88. The number of hydrogen-bond acceptors (Lipinski definition) is 4. The van der Waals surface area contributed by atoms with Crippen LogP contribution in [-0.4, -0.2) is 49.8 Å². The molecule has 1 N–H and O–H groups in total. The average molecular weight is 301 g/mol. The lowest BCUT2D eigenvalue weighted by atomic mass is 10.1. The molecule has 20 heavy (non-hydrogen) atoms. The van der Waals surface area contributed by atoms with Crippen molar-refractivity contribution in [1.82, 2.24) is 4.31 Å². The Hall–Kier alpha value is -1.60. The fourth-order valence-electron chi connectivity index (χ4n) is 1.98. The number of benzene rings is 1. The van der Waals surface area contributed by atoms with Crippen LogP contribution in [0, 0.1) is 0 Å². The molecular weight excluding hydrogens is 282 g/mol. The third kappa shape index (κ3) is 4.82. The second-order valence-corrected chi connectivity index (χ2v) is 6.54. The molecule has 1 rings (SSSR count). The van der Waals surface area contributed by atoms with E-state index in [1.54, 1.807) is 26.2 Å². The predicted octanol–water partition coefficient (Wildman–Crippen LogP) is 0.972. The second kappa shape index (κ2) is 6.71. The molecule has 1 unspecified atom stereocenters. The van der Waals surface area contributed by atoms with E-state index in [4.69, 9.17) is 9.84 Å². The van der Waals surface area contributed by atoms with Crippen LogP contribution < -0.4 is 4.74 Å². The zero-order valence-corrected chi connectivity index (χ0v) is 12.6. The molecule has 1 atom stereocenters. The molecule has 0 aliphatic heterocycles. The Labute approximate surface area is 119 Å². The number of hydrogen-bond donors (Lipinski definition) is 1. The quantitative estimate of drug-likeness (QED) is 0.811. The molecule has 112 valence electrons. The van der Waals surface area contributed by atoms with Crippen LogP contribution in [0.1, 0.15) is 12.5 Å². The van der Waals surface area contributed by atoms with Gasteiger partial charge in [0.15, 0.2) is 0 Å². The van der Waals surface area contributed by atoms with E-state index in [1.807, 2.05) is 12.1 Å². The molecule has 0 saturated carbocycles. The molecule has 0 aliphatic rings. The van der Waals surface area contributed by atoms with E-state index in [0.717, 1.165) is 16.1 Å². The van der Waals surface area contributed by atoms with E-state index < -0.39 is 28.6 Å². The molecule has 0 saturated heterocycles. The number of carboxylic acids is 1. The first-order valence-electron chi connectivity index (χ1n) is 6.05. The van der Waals surface area contributed by atoms with Crippen LogP contribution in [0.4, 0.5) is 0 Å². The largest absolute Gasteiger partial charge is 0.497 e. The number of methoxy groups -OCH3 is 1. The van der Waals surface area contributed by atoms with Crippen molar-refractivity contribution in [3.8, 4) is 5.75 Å². The van der Waals surface area contributed by atoms with Crippen molar-refractivity contribution >= 4 is 16.0 Å². The van der Waals surface area contributed by atoms with Gasteiger partial charge in [0.25, 0.3) is 0 Å². The van der Waals surface area contributed by atoms with E-state index in [1.165, 1.54) is 0 Å². The molecule has 0 spiro atoms. The fourth-order valence-corrected chi connectivity index (χ4v) is 3.05. The summed E-state index contributed by atoms with van der Waals surface area (Å²) in [4.78, 5) is 10.8. The highest BCUT2D eigenvalue weighted by Gasteiger charge is 2.25. The summed E-state index contributed by atoms with van der Waals surface area (Å²) in [5, 5.41) is 8.82. The minimum atomic E-state index is -3.57. The van der Waals surface area contributed by atoms with Gasteiger partial charge in [0.05, 0.1) is 13.4 Å².